The van der Waals surface area contributed by atoms with Crippen LogP contribution in [0.15, 0.2) is 65.1 Å². The number of nitrogens with zero attached hydrogens (tertiary/aromatic N) is 1. The van der Waals surface area contributed by atoms with Crippen molar-refractivity contribution in [1.82, 2.24) is 4.98 Å². The van der Waals surface area contributed by atoms with Gasteiger partial charge in [0, 0.05) is 5.56 Å². The van der Waals surface area contributed by atoms with Crippen LogP contribution in [-0.2, 0) is 0 Å². The van der Waals surface area contributed by atoms with Crippen LogP contribution >= 0.6 is 0 Å². The van der Waals surface area contributed by atoms with Crippen molar-refractivity contribution in [3.63, 3.8) is 0 Å². The highest BCUT2D eigenvalue weighted by Crippen LogP contribution is 2.26. The van der Waals surface area contributed by atoms with Crippen molar-refractivity contribution in [2.75, 3.05) is 0 Å². The Hall–Kier alpha value is -3.66. The van der Waals surface area contributed by atoms with Gasteiger partial charge in [-0.15, -0.1) is 0 Å². The lowest BCUT2D eigenvalue weighted by Crippen LogP contribution is -1.94. The minimum Gasteiger partial charge on any atom is -0.478 e. The van der Waals surface area contributed by atoms with E-state index in [-0.39, 0.29) is 5.56 Å². The molecule has 0 radical (unpaired) electrons. The van der Waals surface area contributed by atoms with Crippen molar-refractivity contribution >= 4 is 29.2 Å². The smallest absolute Gasteiger partial charge is 0.335 e. The summed E-state index contributed by atoms with van der Waals surface area (Å²) in [6.45, 7) is 4.13. The fourth-order valence-electron chi connectivity index (χ4n) is 2.97. The molecule has 138 valence electrons. The molecule has 0 atom stereocenters. The number of fused-ring (bicyclic) bond motifs is 1. The van der Waals surface area contributed by atoms with E-state index in [4.69, 9.17) is 9.52 Å². The number of rotatable bonds is 4. The number of aromatic carboxylic acids is 1. The van der Waals surface area contributed by atoms with E-state index >= 15 is 0 Å². The number of carbonyl (C=O) groups is 1. The lowest BCUT2D eigenvalue weighted by atomic mass is 10.1. The molecule has 1 N–H and O–H groups in total. The van der Waals surface area contributed by atoms with E-state index in [1.165, 1.54) is 11.1 Å². The second-order valence-electron chi connectivity index (χ2n) is 6.81. The number of oxazole rings is 1. The van der Waals surface area contributed by atoms with Gasteiger partial charge in [-0.25, -0.2) is 9.78 Å². The second kappa shape index (κ2) is 7.16. The number of benzene rings is 3. The van der Waals surface area contributed by atoms with Gasteiger partial charge in [0.05, 0.1) is 5.56 Å². The predicted octanol–water partition coefficient (Wildman–Crippen LogP) is 5.98. The third-order valence-corrected chi connectivity index (χ3v) is 4.79. The van der Waals surface area contributed by atoms with Gasteiger partial charge in [0.2, 0.25) is 5.89 Å². The first-order valence-electron chi connectivity index (χ1n) is 8.99. The van der Waals surface area contributed by atoms with Crippen LogP contribution in [0.2, 0.25) is 0 Å². The average Bonchev–Trinajstić information content (AvgIpc) is 3.10. The van der Waals surface area contributed by atoms with Crippen LogP contribution in [-0.4, -0.2) is 16.1 Å². The fourth-order valence-corrected chi connectivity index (χ4v) is 2.97. The maximum absolute atomic E-state index is 10.9. The van der Waals surface area contributed by atoms with Gasteiger partial charge in [-0.1, -0.05) is 36.4 Å². The molecule has 0 saturated carbocycles. The lowest BCUT2D eigenvalue weighted by molar-refractivity contribution is 0.0697. The second-order valence-corrected chi connectivity index (χ2v) is 6.81. The monoisotopic (exact) mass is 369 g/mol. The van der Waals surface area contributed by atoms with Crippen molar-refractivity contribution in [2.45, 2.75) is 13.8 Å². The van der Waals surface area contributed by atoms with Crippen molar-refractivity contribution < 1.29 is 14.3 Å². The molecular weight excluding hydrogens is 350 g/mol. The Morgan fingerprint density at radius 1 is 0.893 bits per heavy atom. The van der Waals surface area contributed by atoms with Crippen LogP contribution in [0.25, 0.3) is 34.7 Å². The first-order chi connectivity index (χ1) is 13.5. The molecule has 3 aromatic carbocycles. The molecule has 0 aliphatic heterocycles. The molecule has 4 nitrogen and oxygen atoms in total. The highest BCUT2D eigenvalue weighted by Gasteiger charge is 2.09. The summed E-state index contributed by atoms with van der Waals surface area (Å²) in [4.78, 5) is 15.5. The zero-order chi connectivity index (χ0) is 19.7. The lowest BCUT2D eigenvalue weighted by Gasteiger charge is -1.98. The minimum atomic E-state index is -0.921. The Kier molecular flexibility index (Phi) is 4.53. The van der Waals surface area contributed by atoms with Gasteiger partial charge >= 0.3 is 5.97 Å². The molecule has 0 amide bonds. The maximum atomic E-state index is 10.9. The Balaban J connectivity index is 1.54. The van der Waals surface area contributed by atoms with Crippen LogP contribution in [0.5, 0.6) is 0 Å². The van der Waals surface area contributed by atoms with Gasteiger partial charge in [0.25, 0.3) is 0 Å². The molecule has 28 heavy (non-hydrogen) atoms. The van der Waals surface area contributed by atoms with Gasteiger partial charge in [-0.2, -0.15) is 0 Å². The van der Waals surface area contributed by atoms with Crippen molar-refractivity contribution in [3.05, 3.63) is 88.5 Å². The molecular formula is C24H19NO3. The van der Waals surface area contributed by atoms with Gasteiger partial charge in [-0.3, -0.25) is 0 Å². The number of aromatic nitrogens is 1. The first kappa shape index (κ1) is 17.7. The molecule has 0 spiro atoms. The SMILES string of the molecule is Cc1cc2nc(-c3ccc(C=Cc4ccc(C(=O)O)cc4)cc3)oc2cc1C. The average molecular weight is 369 g/mol. The van der Waals surface area contributed by atoms with E-state index in [0.717, 1.165) is 27.8 Å². The number of hydrogen-bond acceptors (Lipinski definition) is 3. The van der Waals surface area contributed by atoms with E-state index in [1.807, 2.05) is 48.6 Å². The molecule has 0 saturated heterocycles. The summed E-state index contributed by atoms with van der Waals surface area (Å²) in [6, 6.07) is 18.8. The van der Waals surface area contributed by atoms with E-state index in [0.29, 0.717) is 5.89 Å². The number of carboxylic acid groups (broad SMARTS) is 1. The van der Waals surface area contributed by atoms with Gasteiger partial charge in [-0.05, 0) is 72.5 Å². The summed E-state index contributed by atoms with van der Waals surface area (Å²) in [5.41, 5.74) is 7.24. The molecule has 0 aliphatic carbocycles. The van der Waals surface area contributed by atoms with Crippen molar-refractivity contribution in [1.29, 1.82) is 0 Å². The highest BCUT2D eigenvalue weighted by atomic mass is 16.4. The van der Waals surface area contributed by atoms with Crippen LogP contribution in [0.4, 0.5) is 0 Å². The van der Waals surface area contributed by atoms with Crippen LogP contribution in [0.1, 0.15) is 32.6 Å². The van der Waals surface area contributed by atoms with Crippen LogP contribution in [0.3, 0.4) is 0 Å². The molecule has 1 heterocycles. The summed E-state index contributed by atoms with van der Waals surface area (Å²) in [5, 5.41) is 8.95. The van der Waals surface area contributed by atoms with Crippen molar-refractivity contribution in [2.24, 2.45) is 0 Å². The molecule has 4 rings (SSSR count). The van der Waals surface area contributed by atoms with E-state index in [2.05, 4.69) is 18.8 Å². The third-order valence-electron chi connectivity index (χ3n) is 4.79. The summed E-state index contributed by atoms with van der Waals surface area (Å²) in [7, 11) is 0. The van der Waals surface area contributed by atoms with Gasteiger partial charge in [0.1, 0.15) is 5.52 Å². The predicted molar refractivity (Wildman–Crippen MR) is 111 cm³/mol. The molecule has 1 aromatic heterocycles. The summed E-state index contributed by atoms with van der Waals surface area (Å²) >= 11 is 0. The van der Waals surface area contributed by atoms with Gasteiger partial charge in [0.15, 0.2) is 5.58 Å². The first-order valence-corrected chi connectivity index (χ1v) is 8.99. The topological polar surface area (TPSA) is 63.3 Å². The summed E-state index contributed by atoms with van der Waals surface area (Å²) < 4.78 is 5.91. The molecule has 0 bridgehead atoms. The summed E-state index contributed by atoms with van der Waals surface area (Å²) in [5.74, 6) is -0.310. The Morgan fingerprint density at radius 2 is 1.46 bits per heavy atom. The minimum absolute atomic E-state index is 0.283. The number of aryl methyl sites for hydroxylation is 2. The number of hydrogen-bond donors (Lipinski definition) is 1. The molecule has 4 heteroatoms. The summed E-state index contributed by atoms with van der Waals surface area (Å²) in [6.07, 6.45) is 3.93. The zero-order valence-corrected chi connectivity index (χ0v) is 15.6. The Morgan fingerprint density at radius 3 is 2.07 bits per heavy atom. The van der Waals surface area contributed by atoms with E-state index in [1.54, 1.807) is 24.3 Å². The standard InChI is InChI=1S/C24H19NO3/c1-15-13-21-22(14-16(15)2)28-23(25-21)19-9-5-17(6-10-19)3-4-18-7-11-20(12-8-18)24(26)27/h3-14H,1-2H3,(H,26,27). The molecule has 4 aromatic rings. The highest BCUT2D eigenvalue weighted by molar-refractivity contribution is 5.88. The normalized spacial score (nSPS) is 11.4. The maximum Gasteiger partial charge on any atom is 0.335 e. The van der Waals surface area contributed by atoms with Gasteiger partial charge < -0.3 is 9.52 Å². The molecule has 0 aliphatic rings. The van der Waals surface area contributed by atoms with Crippen LogP contribution < -0.4 is 0 Å². The third kappa shape index (κ3) is 3.58. The molecule has 0 unspecified atom stereocenters. The molecule has 0 fully saturated rings. The van der Waals surface area contributed by atoms with E-state index in [9.17, 15) is 4.79 Å². The Bertz CT molecular complexity index is 1140. The zero-order valence-electron chi connectivity index (χ0n) is 15.6. The Labute approximate surface area is 162 Å². The number of carboxylic acids is 1. The van der Waals surface area contributed by atoms with Crippen molar-refractivity contribution in [3.8, 4) is 11.5 Å². The quantitative estimate of drug-likeness (QED) is 0.449. The fraction of sp³-hybridized carbons (Fsp3) is 0.0833. The van der Waals surface area contributed by atoms with Crippen LogP contribution in [0, 0.1) is 13.8 Å². The largest absolute Gasteiger partial charge is 0.478 e. The van der Waals surface area contributed by atoms with E-state index < -0.39 is 5.97 Å².